The van der Waals surface area contributed by atoms with Crippen LogP contribution in [0.5, 0.6) is 0 Å². The van der Waals surface area contributed by atoms with Crippen molar-refractivity contribution in [1.29, 1.82) is 0 Å². The molecule has 5 heteroatoms. The molecular weight excluding hydrogens is 236 g/mol. The van der Waals surface area contributed by atoms with E-state index in [9.17, 15) is 0 Å². The first-order valence-corrected chi connectivity index (χ1v) is 6.42. The number of hydrogen-bond donors (Lipinski definition) is 0. The van der Waals surface area contributed by atoms with Gasteiger partial charge in [0.25, 0.3) is 0 Å². The molecule has 0 aliphatic rings. The topological polar surface area (TPSA) is 35.6 Å². The zero-order valence-corrected chi connectivity index (χ0v) is 11.0. The normalized spacial score (nSPS) is 11.0. The molecule has 0 saturated carbocycles. The maximum Gasteiger partial charge on any atom is 0.0953 e. The molecule has 0 bridgehead atoms. The first-order valence-electron chi connectivity index (χ1n) is 5.89. The van der Waals surface area contributed by atoms with Gasteiger partial charge in [0.1, 0.15) is 0 Å². The Morgan fingerprint density at radius 3 is 2.71 bits per heavy atom. The quantitative estimate of drug-likeness (QED) is 0.767. The molecule has 0 aliphatic heterocycles. The predicted octanol–water partition coefficient (Wildman–Crippen LogP) is 2.45. The third-order valence-electron chi connectivity index (χ3n) is 2.74. The zero-order valence-electron chi connectivity index (χ0n) is 10.2. The van der Waals surface area contributed by atoms with E-state index in [1.165, 1.54) is 5.69 Å². The number of aromatic nitrogens is 4. The van der Waals surface area contributed by atoms with Crippen LogP contribution in [0.3, 0.4) is 0 Å². The minimum Gasteiger partial charge on any atom is -0.331 e. The van der Waals surface area contributed by atoms with Crippen LogP contribution in [0.1, 0.15) is 30.9 Å². The summed E-state index contributed by atoms with van der Waals surface area (Å²) in [6.07, 6.45) is 4.76. The van der Waals surface area contributed by atoms with Gasteiger partial charge in [-0.1, -0.05) is 6.92 Å². The summed E-state index contributed by atoms with van der Waals surface area (Å²) in [5.41, 5.74) is 3.26. The van der Waals surface area contributed by atoms with Gasteiger partial charge in [-0.2, -0.15) is 5.10 Å². The highest BCUT2D eigenvalue weighted by Crippen LogP contribution is 2.09. The maximum atomic E-state index is 5.73. The molecule has 2 aromatic heterocycles. The molecular formula is C12H17ClN4. The fourth-order valence-electron chi connectivity index (χ4n) is 1.84. The van der Waals surface area contributed by atoms with Gasteiger partial charge >= 0.3 is 0 Å². The Morgan fingerprint density at radius 1 is 1.29 bits per heavy atom. The molecule has 2 heterocycles. The van der Waals surface area contributed by atoms with E-state index in [-0.39, 0.29) is 0 Å². The number of alkyl halides is 1. The van der Waals surface area contributed by atoms with Gasteiger partial charge in [0.15, 0.2) is 0 Å². The summed E-state index contributed by atoms with van der Waals surface area (Å²) in [4.78, 5) is 4.21. The van der Waals surface area contributed by atoms with Crippen molar-refractivity contribution in [3.8, 4) is 0 Å². The molecule has 0 amide bonds. The molecule has 0 fully saturated rings. The lowest BCUT2D eigenvalue weighted by Gasteiger charge is -2.04. The van der Waals surface area contributed by atoms with E-state index in [1.807, 2.05) is 21.8 Å². The molecule has 2 rings (SSSR count). The van der Waals surface area contributed by atoms with Gasteiger partial charge in [0.2, 0.25) is 0 Å². The van der Waals surface area contributed by atoms with Crippen molar-refractivity contribution in [3.05, 3.63) is 35.7 Å². The van der Waals surface area contributed by atoms with E-state index in [0.717, 1.165) is 30.9 Å². The zero-order chi connectivity index (χ0) is 12.3. The Bertz CT molecular complexity index is 486. The van der Waals surface area contributed by atoms with Gasteiger partial charge in [-0.15, -0.1) is 11.6 Å². The molecule has 2 aromatic rings. The summed E-state index contributed by atoms with van der Waals surface area (Å²) < 4.78 is 4.08. The summed E-state index contributed by atoms with van der Waals surface area (Å²) in [6, 6.07) is 2.16. The lowest BCUT2D eigenvalue weighted by molar-refractivity contribution is 0.594. The van der Waals surface area contributed by atoms with Gasteiger partial charge in [0, 0.05) is 12.7 Å². The summed E-state index contributed by atoms with van der Waals surface area (Å²) in [6.45, 7) is 5.92. The molecule has 0 atom stereocenters. The van der Waals surface area contributed by atoms with E-state index < -0.39 is 0 Å². The molecule has 0 N–H and O–H groups in total. The van der Waals surface area contributed by atoms with Crippen molar-refractivity contribution in [1.82, 2.24) is 19.3 Å². The van der Waals surface area contributed by atoms with Crippen LogP contribution in [-0.2, 0) is 25.4 Å². The smallest absolute Gasteiger partial charge is 0.0953 e. The Kier molecular flexibility index (Phi) is 3.84. The average Bonchev–Trinajstić information content (AvgIpc) is 2.95. The molecule has 4 nitrogen and oxygen atoms in total. The second-order valence-corrected chi connectivity index (χ2v) is 4.23. The van der Waals surface area contributed by atoms with Crippen LogP contribution >= 0.6 is 11.6 Å². The third-order valence-corrected chi connectivity index (χ3v) is 3.02. The van der Waals surface area contributed by atoms with Crippen molar-refractivity contribution in [2.75, 3.05) is 0 Å². The number of imidazole rings is 1. The first-order chi connectivity index (χ1) is 8.26. The lowest BCUT2D eigenvalue weighted by Crippen LogP contribution is -2.06. The first kappa shape index (κ1) is 12.2. The number of aryl methyl sites for hydroxylation is 2. The highest BCUT2D eigenvalue weighted by molar-refractivity contribution is 6.16. The number of rotatable bonds is 5. The minimum absolute atomic E-state index is 0.459. The van der Waals surface area contributed by atoms with Crippen molar-refractivity contribution >= 4 is 11.6 Å². The SMILES string of the molecule is CCc1cc(Cn2cnc(CCl)c2)n(CC)n1. The highest BCUT2D eigenvalue weighted by atomic mass is 35.5. The Hall–Kier alpha value is -1.29. The average molecular weight is 253 g/mol. The van der Waals surface area contributed by atoms with Gasteiger partial charge in [-0.3, -0.25) is 4.68 Å². The Morgan fingerprint density at radius 2 is 2.12 bits per heavy atom. The van der Waals surface area contributed by atoms with Crippen LogP contribution < -0.4 is 0 Å². The van der Waals surface area contributed by atoms with Crippen molar-refractivity contribution in [2.24, 2.45) is 0 Å². The Balaban J connectivity index is 2.19. The monoisotopic (exact) mass is 252 g/mol. The summed E-state index contributed by atoms with van der Waals surface area (Å²) in [5.74, 6) is 0.459. The van der Waals surface area contributed by atoms with Crippen LogP contribution in [0, 0.1) is 0 Å². The fraction of sp³-hybridized carbons (Fsp3) is 0.500. The van der Waals surface area contributed by atoms with Gasteiger partial charge in [-0.25, -0.2) is 4.98 Å². The molecule has 0 saturated heterocycles. The van der Waals surface area contributed by atoms with Crippen LogP contribution in [-0.4, -0.2) is 19.3 Å². The molecule has 92 valence electrons. The highest BCUT2D eigenvalue weighted by Gasteiger charge is 2.06. The second-order valence-electron chi connectivity index (χ2n) is 3.97. The third kappa shape index (κ3) is 2.69. The largest absolute Gasteiger partial charge is 0.331 e. The summed E-state index contributed by atoms with van der Waals surface area (Å²) >= 11 is 5.73. The van der Waals surface area contributed by atoms with Crippen LogP contribution in [0.15, 0.2) is 18.6 Å². The second kappa shape index (κ2) is 5.36. The fourth-order valence-corrected chi connectivity index (χ4v) is 1.98. The lowest BCUT2D eigenvalue weighted by atomic mass is 10.3. The Labute approximate surface area is 106 Å². The summed E-state index contributed by atoms with van der Waals surface area (Å²) in [7, 11) is 0. The summed E-state index contributed by atoms with van der Waals surface area (Å²) in [5, 5.41) is 4.53. The van der Waals surface area contributed by atoms with Crippen molar-refractivity contribution < 1.29 is 0 Å². The van der Waals surface area contributed by atoms with E-state index in [1.54, 1.807) is 0 Å². The van der Waals surface area contributed by atoms with Crippen molar-refractivity contribution in [3.63, 3.8) is 0 Å². The molecule has 0 spiro atoms. The van der Waals surface area contributed by atoms with E-state index in [0.29, 0.717) is 5.88 Å². The maximum absolute atomic E-state index is 5.73. The number of halogens is 1. The number of nitrogens with zero attached hydrogens (tertiary/aromatic N) is 4. The standard InChI is InChI=1S/C12H17ClN4/c1-3-10-5-12(17(4-2)15-10)8-16-7-11(6-13)14-9-16/h5,7,9H,3-4,6,8H2,1-2H3. The van der Waals surface area contributed by atoms with Crippen LogP contribution in [0.25, 0.3) is 0 Å². The van der Waals surface area contributed by atoms with Crippen molar-refractivity contribution in [2.45, 2.75) is 39.2 Å². The van der Waals surface area contributed by atoms with Crippen LogP contribution in [0.4, 0.5) is 0 Å². The molecule has 0 aromatic carbocycles. The molecule has 17 heavy (non-hydrogen) atoms. The molecule has 0 aliphatic carbocycles. The van der Waals surface area contributed by atoms with Gasteiger partial charge < -0.3 is 4.57 Å². The van der Waals surface area contributed by atoms with E-state index in [2.05, 4.69) is 30.0 Å². The van der Waals surface area contributed by atoms with E-state index >= 15 is 0 Å². The van der Waals surface area contributed by atoms with Gasteiger partial charge in [-0.05, 0) is 19.4 Å². The van der Waals surface area contributed by atoms with Crippen LogP contribution in [0.2, 0.25) is 0 Å². The predicted molar refractivity (Wildman–Crippen MR) is 68.2 cm³/mol. The number of hydrogen-bond acceptors (Lipinski definition) is 2. The molecule has 0 radical (unpaired) electrons. The van der Waals surface area contributed by atoms with E-state index in [4.69, 9.17) is 11.6 Å². The minimum atomic E-state index is 0.459. The molecule has 0 unspecified atom stereocenters. The van der Waals surface area contributed by atoms with Gasteiger partial charge in [0.05, 0.1) is 35.8 Å².